The number of carbonyl (C=O) groups is 1. The highest BCUT2D eigenvalue weighted by Crippen LogP contribution is 2.15. The molecule has 0 unspecified atom stereocenters. The Balaban J connectivity index is 1.83. The number of carbonyl (C=O) groups excluding carboxylic acids is 1. The summed E-state index contributed by atoms with van der Waals surface area (Å²) in [5.74, 6) is 0. The lowest BCUT2D eigenvalue weighted by atomic mass is 10.1. The highest BCUT2D eigenvalue weighted by molar-refractivity contribution is 5.73. The maximum atomic E-state index is 12.0. The lowest BCUT2D eigenvalue weighted by Crippen LogP contribution is -2.38. The summed E-state index contributed by atoms with van der Waals surface area (Å²) in [6.07, 6.45) is 1.62. The fraction of sp³-hybridized carbons (Fsp3) is 0.412. The van der Waals surface area contributed by atoms with Crippen molar-refractivity contribution in [2.75, 3.05) is 13.2 Å². The minimum atomic E-state index is -0.214. The topological polar surface area (TPSA) is 68.2 Å². The van der Waals surface area contributed by atoms with Crippen molar-refractivity contribution in [3.8, 4) is 0 Å². The predicted octanol–water partition coefficient (Wildman–Crippen LogP) is 2.31. The van der Waals surface area contributed by atoms with Gasteiger partial charge in [-0.15, -0.1) is 0 Å². The van der Waals surface area contributed by atoms with Crippen LogP contribution < -0.4 is 10.6 Å². The minimum absolute atomic E-state index is 0.146. The van der Waals surface area contributed by atoms with Crippen molar-refractivity contribution >= 4 is 6.03 Å². The summed E-state index contributed by atoms with van der Waals surface area (Å²) in [5.41, 5.74) is 3.10. The Bertz CT molecular complexity index is 625. The van der Waals surface area contributed by atoms with Gasteiger partial charge in [0.1, 0.15) is 0 Å². The van der Waals surface area contributed by atoms with Gasteiger partial charge in [0.15, 0.2) is 0 Å². The molecule has 1 heterocycles. The molecule has 2 amide bonds. The number of hydrogen-bond donors (Lipinski definition) is 2. The van der Waals surface area contributed by atoms with Crippen molar-refractivity contribution in [1.29, 1.82) is 0 Å². The first-order chi connectivity index (χ1) is 11.1. The number of aryl methyl sites for hydroxylation is 1. The van der Waals surface area contributed by atoms with Gasteiger partial charge in [-0.2, -0.15) is 5.10 Å². The molecule has 0 aliphatic carbocycles. The molecule has 6 nitrogen and oxygen atoms in total. The molecule has 6 heteroatoms. The first-order valence-electron chi connectivity index (χ1n) is 7.77. The van der Waals surface area contributed by atoms with E-state index in [-0.39, 0.29) is 12.1 Å². The average Bonchev–Trinajstić information content (AvgIpc) is 2.89. The van der Waals surface area contributed by atoms with Crippen LogP contribution in [0.1, 0.15) is 29.8 Å². The van der Waals surface area contributed by atoms with Gasteiger partial charge >= 0.3 is 6.03 Å². The van der Waals surface area contributed by atoms with Crippen LogP contribution in [0, 0.1) is 6.92 Å². The first-order valence-corrected chi connectivity index (χ1v) is 7.77. The van der Waals surface area contributed by atoms with Gasteiger partial charge < -0.3 is 15.4 Å². The number of aromatic nitrogens is 2. The number of benzene rings is 1. The molecule has 2 N–H and O–H groups in total. The summed E-state index contributed by atoms with van der Waals surface area (Å²) in [4.78, 5) is 12.0. The van der Waals surface area contributed by atoms with Gasteiger partial charge in [-0.25, -0.2) is 4.79 Å². The van der Waals surface area contributed by atoms with E-state index in [0.717, 1.165) is 16.8 Å². The van der Waals surface area contributed by atoms with Gasteiger partial charge in [-0.1, -0.05) is 30.3 Å². The SMILES string of the molecule is CCO[C@@H](CNC(=O)NCc1cnn(C)c1C)c1ccccc1. The summed E-state index contributed by atoms with van der Waals surface area (Å²) in [5, 5.41) is 9.86. The molecule has 0 fully saturated rings. The number of rotatable bonds is 7. The van der Waals surface area contributed by atoms with Crippen LogP contribution in [0.5, 0.6) is 0 Å². The fourth-order valence-electron chi connectivity index (χ4n) is 2.28. The molecule has 0 bridgehead atoms. The summed E-state index contributed by atoms with van der Waals surface area (Å²) in [7, 11) is 1.88. The number of ether oxygens (including phenoxy) is 1. The van der Waals surface area contributed by atoms with E-state index in [1.807, 2.05) is 51.2 Å². The second kappa shape index (κ2) is 8.33. The Kier molecular flexibility index (Phi) is 6.17. The molecule has 0 aliphatic heterocycles. The number of amides is 2. The minimum Gasteiger partial charge on any atom is -0.372 e. The molecule has 0 aliphatic rings. The lowest BCUT2D eigenvalue weighted by Gasteiger charge is -2.18. The summed E-state index contributed by atoms with van der Waals surface area (Å²) < 4.78 is 7.49. The quantitative estimate of drug-likeness (QED) is 0.823. The highest BCUT2D eigenvalue weighted by atomic mass is 16.5. The van der Waals surface area contributed by atoms with E-state index in [1.54, 1.807) is 10.9 Å². The molecule has 1 aromatic heterocycles. The third kappa shape index (κ3) is 4.82. The Morgan fingerprint density at radius 3 is 2.65 bits per heavy atom. The van der Waals surface area contributed by atoms with Gasteiger partial charge in [0.05, 0.1) is 12.3 Å². The molecular formula is C17H24N4O2. The van der Waals surface area contributed by atoms with Crippen molar-refractivity contribution in [1.82, 2.24) is 20.4 Å². The van der Waals surface area contributed by atoms with Gasteiger partial charge in [0, 0.05) is 38.0 Å². The maximum absolute atomic E-state index is 12.0. The largest absolute Gasteiger partial charge is 0.372 e. The third-order valence-electron chi connectivity index (χ3n) is 3.76. The van der Waals surface area contributed by atoms with Crippen LogP contribution in [-0.4, -0.2) is 29.0 Å². The Labute approximate surface area is 136 Å². The Morgan fingerprint density at radius 2 is 2.04 bits per heavy atom. The van der Waals surface area contributed by atoms with Gasteiger partial charge in [0.2, 0.25) is 0 Å². The Hall–Kier alpha value is -2.34. The summed E-state index contributed by atoms with van der Waals surface area (Å²) in [6, 6.07) is 9.67. The number of nitrogens with one attached hydrogen (secondary N) is 2. The van der Waals surface area contributed by atoms with E-state index >= 15 is 0 Å². The predicted molar refractivity (Wildman–Crippen MR) is 89.0 cm³/mol. The van der Waals surface area contributed by atoms with E-state index in [9.17, 15) is 4.79 Å². The van der Waals surface area contributed by atoms with E-state index in [1.165, 1.54) is 0 Å². The zero-order chi connectivity index (χ0) is 16.7. The molecule has 23 heavy (non-hydrogen) atoms. The molecule has 0 spiro atoms. The van der Waals surface area contributed by atoms with E-state index in [4.69, 9.17) is 4.74 Å². The molecule has 0 radical (unpaired) electrons. The average molecular weight is 316 g/mol. The summed E-state index contributed by atoms with van der Waals surface area (Å²) >= 11 is 0. The molecular weight excluding hydrogens is 292 g/mol. The van der Waals surface area contributed by atoms with Crippen LogP contribution in [0.4, 0.5) is 4.79 Å². The zero-order valence-corrected chi connectivity index (χ0v) is 13.9. The summed E-state index contributed by atoms with van der Waals surface area (Å²) in [6.45, 7) is 5.40. The van der Waals surface area contributed by atoms with Crippen LogP contribution in [0.3, 0.4) is 0 Å². The van der Waals surface area contributed by atoms with Crippen molar-refractivity contribution in [3.05, 3.63) is 53.3 Å². The van der Waals surface area contributed by atoms with Crippen LogP contribution >= 0.6 is 0 Å². The molecule has 0 saturated heterocycles. The van der Waals surface area contributed by atoms with E-state index < -0.39 is 0 Å². The number of nitrogens with zero attached hydrogens (tertiary/aromatic N) is 2. The zero-order valence-electron chi connectivity index (χ0n) is 13.9. The second-order valence-electron chi connectivity index (χ2n) is 5.30. The molecule has 1 atom stereocenters. The molecule has 2 rings (SSSR count). The van der Waals surface area contributed by atoms with Crippen molar-refractivity contribution in [2.24, 2.45) is 7.05 Å². The van der Waals surface area contributed by atoms with Crippen LogP contribution in [-0.2, 0) is 18.3 Å². The van der Waals surface area contributed by atoms with Gasteiger partial charge in [-0.3, -0.25) is 4.68 Å². The fourth-order valence-corrected chi connectivity index (χ4v) is 2.28. The van der Waals surface area contributed by atoms with Crippen molar-refractivity contribution in [3.63, 3.8) is 0 Å². The molecule has 2 aromatic rings. The maximum Gasteiger partial charge on any atom is 0.315 e. The molecule has 124 valence electrons. The van der Waals surface area contributed by atoms with E-state index in [2.05, 4.69) is 15.7 Å². The normalized spacial score (nSPS) is 12.0. The van der Waals surface area contributed by atoms with Crippen molar-refractivity contribution < 1.29 is 9.53 Å². The smallest absolute Gasteiger partial charge is 0.315 e. The van der Waals surface area contributed by atoms with Crippen molar-refractivity contribution in [2.45, 2.75) is 26.5 Å². The highest BCUT2D eigenvalue weighted by Gasteiger charge is 2.13. The standard InChI is InChI=1S/C17H24N4O2/c1-4-23-16(14-8-6-5-7-9-14)12-19-17(22)18-10-15-11-20-21(3)13(15)2/h5-9,11,16H,4,10,12H2,1-3H3,(H2,18,19,22)/t16-/m0/s1. The van der Waals surface area contributed by atoms with Crippen LogP contribution in [0.2, 0.25) is 0 Å². The van der Waals surface area contributed by atoms with Gasteiger partial charge in [-0.05, 0) is 19.4 Å². The number of hydrogen-bond acceptors (Lipinski definition) is 3. The Morgan fingerprint density at radius 1 is 1.30 bits per heavy atom. The van der Waals surface area contributed by atoms with Crippen LogP contribution in [0.25, 0.3) is 0 Å². The second-order valence-corrected chi connectivity index (χ2v) is 5.30. The molecule has 0 saturated carbocycles. The molecule has 1 aromatic carbocycles. The van der Waals surface area contributed by atoms with Crippen LogP contribution in [0.15, 0.2) is 36.5 Å². The first kappa shape index (κ1) is 17.0. The van der Waals surface area contributed by atoms with E-state index in [0.29, 0.717) is 19.7 Å². The lowest BCUT2D eigenvalue weighted by molar-refractivity contribution is 0.0639. The monoisotopic (exact) mass is 316 g/mol. The van der Waals surface area contributed by atoms with Gasteiger partial charge in [0.25, 0.3) is 0 Å². The number of urea groups is 1. The third-order valence-corrected chi connectivity index (χ3v) is 3.76.